The summed E-state index contributed by atoms with van der Waals surface area (Å²) in [6.45, 7) is 6.87. The van der Waals surface area contributed by atoms with Crippen molar-refractivity contribution in [2.45, 2.75) is 32.6 Å². The van der Waals surface area contributed by atoms with E-state index in [0.29, 0.717) is 11.4 Å². The number of aromatic nitrogens is 2. The van der Waals surface area contributed by atoms with Crippen LogP contribution in [0.3, 0.4) is 0 Å². The Morgan fingerprint density at radius 3 is 2.61 bits per heavy atom. The predicted octanol–water partition coefficient (Wildman–Crippen LogP) is 2.31. The molecule has 0 aromatic carbocycles. The van der Waals surface area contributed by atoms with E-state index in [9.17, 15) is 13.2 Å². The third kappa shape index (κ3) is 3.53. The Labute approximate surface area is 135 Å². The molecule has 2 N–H and O–H groups in total. The highest BCUT2D eigenvalue weighted by Crippen LogP contribution is 2.26. The summed E-state index contributed by atoms with van der Waals surface area (Å²) in [5.74, 6) is -0.481. The lowest BCUT2D eigenvalue weighted by molar-refractivity contribution is 0.0521. The standard InChI is InChI=1S/C15H19N3O4S/c1-5-22-15(19)13-10(3)17-11(4)14(13)23(20,21)18-12-8-9(2)6-7-16-12/h6-8,17H,5H2,1-4H3,(H,16,18). The molecule has 0 atom stereocenters. The fourth-order valence-corrected chi connectivity index (χ4v) is 3.77. The Morgan fingerprint density at radius 1 is 1.30 bits per heavy atom. The van der Waals surface area contributed by atoms with Gasteiger partial charge in [0.25, 0.3) is 10.0 Å². The van der Waals surface area contributed by atoms with Gasteiger partial charge in [0.15, 0.2) is 0 Å². The van der Waals surface area contributed by atoms with Crippen molar-refractivity contribution in [2.24, 2.45) is 0 Å². The van der Waals surface area contributed by atoms with Crippen molar-refractivity contribution in [2.75, 3.05) is 11.3 Å². The van der Waals surface area contributed by atoms with Crippen LogP contribution in [0.2, 0.25) is 0 Å². The summed E-state index contributed by atoms with van der Waals surface area (Å²) in [4.78, 5) is 18.8. The molecule has 0 unspecified atom stereocenters. The number of rotatable bonds is 5. The molecule has 0 fully saturated rings. The smallest absolute Gasteiger partial charge is 0.341 e. The maximum atomic E-state index is 12.7. The Morgan fingerprint density at radius 2 is 2.00 bits per heavy atom. The first kappa shape index (κ1) is 17.0. The Balaban J connectivity index is 2.49. The number of hydrogen-bond donors (Lipinski definition) is 2. The average molecular weight is 337 g/mol. The molecular weight excluding hydrogens is 318 g/mol. The second-order valence-corrected chi connectivity index (χ2v) is 6.74. The molecule has 2 aromatic heterocycles. The van der Waals surface area contributed by atoms with Gasteiger partial charge in [-0.1, -0.05) is 0 Å². The van der Waals surface area contributed by atoms with E-state index in [0.717, 1.165) is 5.56 Å². The Bertz CT molecular complexity index is 840. The molecule has 0 amide bonds. The Kier molecular flexibility index (Phi) is 4.74. The molecule has 124 valence electrons. The molecule has 8 heteroatoms. The van der Waals surface area contributed by atoms with Crippen LogP contribution < -0.4 is 4.72 Å². The molecule has 0 aliphatic heterocycles. The zero-order valence-electron chi connectivity index (χ0n) is 13.4. The van der Waals surface area contributed by atoms with Crippen LogP contribution >= 0.6 is 0 Å². The van der Waals surface area contributed by atoms with Crippen LogP contribution in [-0.2, 0) is 14.8 Å². The number of ether oxygens (including phenoxy) is 1. The van der Waals surface area contributed by atoms with Crippen LogP contribution in [0, 0.1) is 20.8 Å². The number of esters is 1. The van der Waals surface area contributed by atoms with Crippen molar-refractivity contribution in [3.05, 3.63) is 40.8 Å². The lowest BCUT2D eigenvalue weighted by atomic mass is 10.2. The van der Waals surface area contributed by atoms with Gasteiger partial charge in [0.2, 0.25) is 0 Å². The quantitative estimate of drug-likeness (QED) is 0.815. The van der Waals surface area contributed by atoms with Crippen LogP contribution in [0.15, 0.2) is 23.2 Å². The number of carbonyl (C=O) groups excluding carboxylic acids is 1. The first-order valence-electron chi connectivity index (χ1n) is 7.08. The molecule has 0 spiro atoms. The van der Waals surface area contributed by atoms with Crippen molar-refractivity contribution in [3.8, 4) is 0 Å². The predicted molar refractivity (Wildman–Crippen MR) is 86.0 cm³/mol. The number of aromatic amines is 1. The van der Waals surface area contributed by atoms with Crippen LogP contribution in [0.25, 0.3) is 0 Å². The summed E-state index contributed by atoms with van der Waals surface area (Å²) in [5.41, 5.74) is 1.69. The number of hydrogen-bond acceptors (Lipinski definition) is 5. The highest BCUT2D eigenvalue weighted by Gasteiger charge is 2.30. The number of nitrogens with one attached hydrogen (secondary N) is 2. The number of H-pyrrole nitrogens is 1. The van der Waals surface area contributed by atoms with E-state index in [1.807, 2.05) is 6.92 Å². The van der Waals surface area contributed by atoms with Gasteiger partial charge in [0.1, 0.15) is 16.3 Å². The highest BCUT2D eigenvalue weighted by molar-refractivity contribution is 7.92. The Hall–Kier alpha value is -2.35. The first-order chi connectivity index (χ1) is 10.8. The van der Waals surface area contributed by atoms with Crippen LogP contribution in [-0.4, -0.2) is 31.0 Å². The minimum Gasteiger partial charge on any atom is -0.462 e. The molecule has 2 rings (SSSR count). The molecule has 0 aliphatic rings. The normalized spacial score (nSPS) is 11.3. The summed E-state index contributed by atoms with van der Waals surface area (Å²) < 4.78 is 32.8. The molecular formula is C15H19N3O4S. The molecule has 2 aromatic rings. The van der Waals surface area contributed by atoms with Crippen molar-refractivity contribution in [3.63, 3.8) is 0 Å². The van der Waals surface area contributed by atoms with E-state index in [4.69, 9.17) is 4.74 Å². The number of carbonyl (C=O) groups is 1. The molecule has 0 saturated heterocycles. The summed E-state index contributed by atoms with van der Waals surface area (Å²) >= 11 is 0. The van der Waals surface area contributed by atoms with Gasteiger partial charge in [-0.3, -0.25) is 4.72 Å². The van der Waals surface area contributed by atoms with Gasteiger partial charge in [0.05, 0.1) is 6.61 Å². The lowest BCUT2D eigenvalue weighted by Crippen LogP contribution is -2.18. The van der Waals surface area contributed by atoms with Crippen molar-refractivity contribution in [1.29, 1.82) is 0 Å². The molecule has 0 bridgehead atoms. The highest BCUT2D eigenvalue weighted by atomic mass is 32.2. The zero-order chi connectivity index (χ0) is 17.2. The van der Waals surface area contributed by atoms with Gasteiger partial charge < -0.3 is 9.72 Å². The van der Waals surface area contributed by atoms with Gasteiger partial charge in [0, 0.05) is 17.6 Å². The van der Waals surface area contributed by atoms with E-state index < -0.39 is 16.0 Å². The minimum atomic E-state index is -3.98. The van der Waals surface area contributed by atoms with Crippen molar-refractivity contribution >= 4 is 21.8 Å². The summed E-state index contributed by atoms with van der Waals surface area (Å²) in [7, 11) is -3.98. The number of pyridine rings is 1. The molecule has 7 nitrogen and oxygen atoms in total. The number of sulfonamides is 1. The molecule has 0 saturated carbocycles. The summed E-state index contributed by atoms with van der Waals surface area (Å²) in [6, 6.07) is 3.37. The summed E-state index contributed by atoms with van der Waals surface area (Å²) in [6.07, 6.45) is 1.51. The maximum absolute atomic E-state index is 12.7. The first-order valence-corrected chi connectivity index (χ1v) is 8.56. The van der Waals surface area contributed by atoms with Crippen LogP contribution in [0.5, 0.6) is 0 Å². The van der Waals surface area contributed by atoms with E-state index in [-0.39, 0.29) is 22.9 Å². The largest absolute Gasteiger partial charge is 0.462 e. The van der Waals surface area contributed by atoms with Gasteiger partial charge in [-0.2, -0.15) is 0 Å². The fraction of sp³-hybridized carbons (Fsp3) is 0.333. The molecule has 0 aliphatic carbocycles. The number of nitrogens with zero attached hydrogens (tertiary/aromatic N) is 1. The monoisotopic (exact) mass is 337 g/mol. The van der Waals surface area contributed by atoms with E-state index >= 15 is 0 Å². The van der Waals surface area contributed by atoms with Crippen molar-refractivity contribution in [1.82, 2.24) is 9.97 Å². The maximum Gasteiger partial charge on any atom is 0.341 e. The zero-order valence-corrected chi connectivity index (χ0v) is 14.2. The second-order valence-electron chi connectivity index (χ2n) is 5.12. The molecule has 23 heavy (non-hydrogen) atoms. The van der Waals surface area contributed by atoms with Crippen molar-refractivity contribution < 1.29 is 17.9 Å². The van der Waals surface area contributed by atoms with Gasteiger partial charge in [-0.25, -0.2) is 18.2 Å². The number of anilines is 1. The van der Waals surface area contributed by atoms with E-state index in [2.05, 4.69) is 14.7 Å². The van der Waals surface area contributed by atoms with E-state index in [1.54, 1.807) is 32.9 Å². The molecule has 2 heterocycles. The van der Waals surface area contributed by atoms with Gasteiger partial charge >= 0.3 is 5.97 Å². The topological polar surface area (TPSA) is 101 Å². The molecule has 0 radical (unpaired) electrons. The summed E-state index contributed by atoms with van der Waals surface area (Å²) in [5, 5.41) is 0. The fourth-order valence-electron chi connectivity index (χ4n) is 2.32. The lowest BCUT2D eigenvalue weighted by Gasteiger charge is -2.10. The second kappa shape index (κ2) is 6.41. The number of aryl methyl sites for hydroxylation is 3. The third-order valence-corrected chi connectivity index (χ3v) is 4.75. The average Bonchev–Trinajstić information content (AvgIpc) is 2.74. The van der Waals surface area contributed by atoms with Gasteiger partial charge in [-0.15, -0.1) is 0 Å². The van der Waals surface area contributed by atoms with Gasteiger partial charge in [-0.05, 0) is 45.4 Å². The van der Waals surface area contributed by atoms with Crippen LogP contribution in [0.4, 0.5) is 5.82 Å². The minimum absolute atomic E-state index is 0.0181. The van der Waals surface area contributed by atoms with Crippen LogP contribution in [0.1, 0.15) is 34.2 Å². The van der Waals surface area contributed by atoms with E-state index in [1.165, 1.54) is 6.20 Å². The third-order valence-electron chi connectivity index (χ3n) is 3.22. The SMILES string of the molecule is CCOC(=O)c1c(C)[nH]c(C)c1S(=O)(=O)Nc1cc(C)ccn1.